The molecule has 1 unspecified atom stereocenters. The zero-order valence-corrected chi connectivity index (χ0v) is 20.8. The van der Waals surface area contributed by atoms with Gasteiger partial charge in [-0.1, -0.05) is 0 Å². The number of nitrogens with zero attached hydrogens (tertiary/aromatic N) is 5. The summed E-state index contributed by atoms with van der Waals surface area (Å²) in [7, 11) is 1.58. The summed E-state index contributed by atoms with van der Waals surface area (Å²) in [6, 6.07) is 5.12. The van der Waals surface area contributed by atoms with Crippen LogP contribution in [0.3, 0.4) is 0 Å². The van der Waals surface area contributed by atoms with E-state index < -0.39 is 12.4 Å². The van der Waals surface area contributed by atoms with Gasteiger partial charge in [-0.05, 0) is 42.9 Å². The summed E-state index contributed by atoms with van der Waals surface area (Å²) in [4.78, 5) is 37.2. The molecule has 3 N–H and O–H groups in total. The number of rotatable bonds is 8. The van der Waals surface area contributed by atoms with E-state index in [4.69, 9.17) is 9.47 Å². The van der Waals surface area contributed by atoms with Crippen molar-refractivity contribution in [3.05, 3.63) is 40.7 Å². The highest BCUT2D eigenvalue weighted by Gasteiger charge is 2.28. The number of anilines is 3. The van der Waals surface area contributed by atoms with Crippen molar-refractivity contribution in [1.82, 2.24) is 14.9 Å². The molecule has 0 aliphatic carbocycles. The standard InChI is InChI=1S/C25H31N7O5/c1-36-10-6-27-20-12-22(28-14-19(20)13-26)30-24(34)32-8-4-5-17-11-18(21(16-33)29-23(17)32)15-31-7-2-3-9-37-25(31)35/h11-12,14,16,25,35H,2-10,15H2,1H3,(H2,27,28,30,34). The minimum absolute atomic E-state index is 0.219. The lowest BCUT2D eigenvalue weighted by atomic mass is 10.0. The maximum absolute atomic E-state index is 13.2. The van der Waals surface area contributed by atoms with Gasteiger partial charge in [-0.2, -0.15) is 5.26 Å². The number of aryl methyl sites for hydroxylation is 1. The summed E-state index contributed by atoms with van der Waals surface area (Å²) in [6.45, 7) is 2.82. The van der Waals surface area contributed by atoms with E-state index in [0.717, 1.165) is 24.8 Å². The van der Waals surface area contributed by atoms with Crippen LogP contribution in [-0.4, -0.2) is 78.7 Å². The van der Waals surface area contributed by atoms with Crippen molar-refractivity contribution in [2.45, 2.75) is 38.6 Å². The highest BCUT2D eigenvalue weighted by atomic mass is 16.6. The molecule has 0 radical (unpaired) electrons. The van der Waals surface area contributed by atoms with Crippen LogP contribution in [0, 0.1) is 11.3 Å². The Hall–Kier alpha value is -3.63. The summed E-state index contributed by atoms with van der Waals surface area (Å²) in [6.07, 6.45) is 4.21. The van der Waals surface area contributed by atoms with E-state index in [0.29, 0.717) is 74.7 Å². The molecule has 2 aromatic rings. The molecule has 0 aromatic carbocycles. The number of ether oxygens (including phenoxy) is 2. The van der Waals surface area contributed by atoms with Gasteiger partial charge in [-0.25, -0.2) is 14.8 Å². The van der Waals surface area contributed by atoms with Crippen molar-refractivity contribution in [3.8, 4) is 6.07 Å². The Morgan fingerprint density at radius 1 is 1.35 bits per heavy atom. The molecule has 2 aliphatic rings. The first-order valence-electron chi connectivity index (χ1n) is 12.3. The van der Waals surface area contributed by atoms with Crippen molar-refractivity contribution in [3.63, 3.8) is 0 Å². The number of urea groups is 1. The fourth-order valence-corrected chi connectivity index (χ4v) is 4.41. The molecule has 0 bridgehead atoms. The number of pyridine rings is 2. The van der Waals surface area contributed by atoms with Crippen LogP contribution in [-0.2, 0) is 22.4 Å². The van der Waals surface area contributed by atoms with Gasteiger partial charge >= 0.3 is 6.03 Å². The van der Waals surface area contributed by atoms with Crippen LogP contribution in [0.2, 0.25) is 0 Å². The number of aldehydes is 1. The minimum atomic E-state index is -1.03. The number of methoxy groups -OCH3 is 1. The predicted octanol–water partition coefficient (Wildman–Crippen LogP) is 2.09. The third-order valence-corrected chi connectivity index (χ3v) is 6.30. The molecule has 12 nitrogen and oxygen atoms in total. The monoisotopic (exact) mass is 509 g/mol. The SMILES string of the molecule is COCCNc1cc(NC(=O)N2CCCc3cc(CN4CCCCOC4O)c(C=O)nc32)ncc1C#N. The second-order valence-electron chi connectivity index (χ2n) is 8.84. The molecule has 1 atom stereocenters. The number of carbonyl (C=O) groups is 2. The lowest BCUT2D eigenvalue weighted by Gasteiger charge is -2.30. The van der Waals surface area contributed by atoms with Gasteiger partial charge in [0.2, 0.25) is 6.41 Å². The van der Waals surface area contributed by atoms with Crippen molar-refractivity contribution < 1.29 is 24.2 Å². The van der Waals surface area contributed by atoms with E-state index in [2.05, 4.69) is 26.7 Å². The number of aliphatic hydroxyl groups is 1. The summed E-state index contributed by atoms with van der Waals surface area (Å²) in [5.41, 5.74) is 2.64. The number of carbonyl (C=O) groups excluding carboxylic acids is 2. The normalized spacial score (nSPS) is 17.9. The van der Waals surface area contributed by atoms with Crippen LogP contribution in [0.1, 0.15) is 46.4 Å². The van der Waals surface area contributed by atoms with E-state index in [9.17, 15) is 20.0 Å². The lowest BCUT2D eigenvalue weighted by molar-refractivity contribution is -0.186. The number of fused-ring (bicyclic) bond motifs is 1. The van der Waals surface area contributed by atoms with Gasteiger partial charge in [0.25, 0.3) is 0 Å². The first-order valence-corrected chi connectivity index (χ1v) is 12.3. The Balaban J connectivity index is 1.53. The minimum Gasteiger partial charge on any atom is -0.383 e. The Morgan fingerprint density at radius 2 is 2.22 bits per heavy atom. The molecular formula is C25H31N7O5. The van der Waals surface area contributed by atoms with Crippen molar-refractivity contribution in [2.24, 2.45) is 0 Å². The molecule has 12 heteroatoms. The first-order chi connectivity index (χ1) is 18.0. The molecule has 4 rings (SSSR count). The zero-order valence-electron chi connectivity index (χ0n) is 20.8. The van der Waals surface area contributed by atoms with Gasteiger partial charge in [-0.15, -0.1) is 0 Å². The quantitative estimate of drug-likeness (QED) is 0.356. The third-order valence-electron chi connectivity index (χ3n) is 6.30. The van der Waals surface area contributed by atoms with Gasteiger partial charge < -0.3 is 19.9 Å². The van der Waals surface area contributed by atoms with E-state index in [1.165, 1.54) is 11.1 Å². The van der Waals surface area contributed by atoms with Crippen molar-refractivity contribution >= 4 is 29.6 Å². The maximum Gasteiger partial charge on any atom is 0.328 e. The van der Waals surface area contributed by atoms with Gasteiger partial charge in [0.1, 0.15) is 23.4 Å². The average molecular weight is 510 g/mol. The summed E-state index contributed by atoms with van der Waals surface area (Å²) >= 11 is 0. The van der Waals surface area contributed by atoms with E-state index in [1.54, 1.807) is 18.1 Å². The van der Waals surface area contributed by atoms with Gasteiger partial charge in [0.05, 0.1) is 24.5 Å². The maximum atomic E-state index is 13.2. The van der Waals surface area contributed by atoms with Crippen LogP contribution in [0.25, 0.3) is 0 Å². The number of aliphatic hydroxyl groups excluding tert-OH is 1. The lowest BCUT2D eigenvalue weighted by Crippen LogP contribution is -2.40. The molecule has 1 fully saturated rings. The summed E-state index contributed by atoms with van der Waals surface area (Å²) < 4.78 is 10.4. The number of nitrogens with one attached hydrogen (secondary N) is 2. The Morgan fingerprint density at radius 3 is 3.00 bits per heavy atom. The second kappa shape index (κ2) is 12.6. The van der Waals surface area contributed by atoms with Gasteiger partial charge in [0, 0.05) is 45.6 Å². The molecule has 4 heterocycles. The number of aromatic nitrogens is 2. The van der Waals surface area contributed by atoms with E-state index in [-0.39, 0.29) is 11.5 Å². The van der Waals surface area contributed by atoms with Gasteiger partial charge in [0.15, 0.2) is 6.29 Å². The topological polar surface area (TPSA) is 153 Å². The number of amides is 2. The smallest absolute Gasteiger partial charge is 0.328 e. The van der Waals surface area contributed by atoms with E-state index in [1.807, 2.05) is 6.07 Å². The van der Waals surface area contributed by atoms with Crippen LogP contribution in [0.5, 0.6) is 0 Å². The molecule has 196 valence electrons. The second-order valence-corrected chi connectivity index (χ2v) is 8.84. The van der Waals surface area contributed by atoms with Gasteiger partial charge in [-0.3, -0.25) is 19.9 Å². The van der Waals surface area contributed by atoms with Crippen molar-refractivity contribution in [2.75, 3.05) is 55.5 Å². The first kappa shape index (κ1) is 26.4. The molecule has 0 spiro atoms. The van der Waals surface area contributed by atoms with E-state index >= 15 is 0 Å². The summed E-state index contributed by atoms with van der Waals surface area (Å²) in [5.74, 6) is 0.702. The fraction of sp³-hybridized carbons (Fsp3) is 0.480. The number of hydrogen-bond donors (Lipinski definition) is 3. The highest BCUT2D eigenvalue weighted by molar-refractivity contribution is 6.01. The Labute approximate surface area is 215 Å². The molecule has 2 amide bonds. The molecule has 0 saturated carbocycles. The number of hydrogen-bond acceptors (Lipinski definition) is 10. The highest BCUT2D eigenvalue weighted by Crippen LogP contribution is 2.29. The molecule has 2 aliphatic heterocycles. The molecule has 2 aromatic heterocycles. The predicted molar refractivity (Wildman–Crippen MR) is 135 cm³/mol. The number of nitriles is 1. The Kier molecular flexibility index (Phi) is 8.97. The molecule has 1 saturated heterocycles. The summed E-state index contributed by atoms with van der Waals surface area (Å²) in [5, 5.41) is 25.5. The van der Waals surface area contributed by atoms with Crippen LogP contribution in [0.4, 0.5) is 22.1 Å². The van der Waals surface area contributed by atoms with Crippen LogP contribution < -0.4 is 15.5 Å². The van der Waals surface area contributed by atoms with Crippen LogP contribution in [0.15, 0.2) is 18.3 Å². The third kappa shape index (κ3) is 6.39. The average Bonchev–Trinajstić information content (AvgIpc) is 3.11. The largest absolute Gasteiger partial charge is 0.383 e. The Bertz CT molecular complexity index is 1170. The molecule has 37 heavy (non-hydrogen) atoms. The molecular weight excluding hydrogens is 478 g/mol. The van der Waals surface area contributed by atoms with Crippen molar-refractivity contribution in [1.29, 1.82) is 5.26 Å². The zero-order chi connectivity index (χ0) is 26.2. The van der Waals surface area contributed by atoms with Crippen LogP contribution >= 0.6 is 0 Å². The fourth-order valence-electron chi connectivity index (χ4n) is 4.41.